The number of aromatic amines is 1. The minimum absolute atomic E-state index is 0.0629. The summed E-state index contributed by atoms with van der Waals surface area (Å²) in [5.74, 6) is -1.28. The molecule has 0 bridgehead atoms. The van der Waals surface area contributed by atoms with E-state index in [-0.39, 0.29) is 11.4 Å². The molecule has 2 aromatic rings. The van der Waals surface area contributed by atoms with Gasteiger partial charge in [0.15, 0.2) is 0 Å². The van der Waals surface area contributed by atoms with Crippen LogP contribution in [-0.2, 0) is 0 Å². The van der Waals surface area contributed by atoms with Crippen LogP contribution < -0.4 is 5.32 Å². The molecule has 6 nitrogen and oxygen atoms in total. The Hall–Kier alpha value is -2.15. The number of carboxylic acid groups (broad SMARTS) is 1. The molecule has 7 heteroatoms. The predicted molar refractivity (Wildman–Crippen MR) is 67.6 cm³/mol. The smallest absolute Gasteiger partial charge is 0.335 e. The van der Waals surface area contributed by atoms with E-state index in [2.05, 4.69) is 31.2 Å². The van der Waals surface area contributed by atoms with E-state index in [0.717, 1.165) is 4.47 Å². The van der Waals surface area contributed by atoms with Crippen LogP contribution in [0.1, 0.15) is 20.8 Å². The minimum Gasteiger partial charge on any atom is -0.478 e. The fourth-order valence-corrected chi connectivity index (χ4v) is 1.66. The number of hydrogen-bond donors (Lipinski definition) is 3. The van der Waals surface area contributed by atoms with Gasteiger partial charge in [-0.05, 0) is 34.1 Å². The second-order valence-electron chi connectivity index (χ2n) is 3.42. The number of H-pyrrole nitrogens is 1. The normalized spacial score (nSPS) is 10.1. The number of aromatic nitrogens is 2. The molecule has 3 N–H and O–H groups in total. The molecule has 2 rings (SSSR count). The lowest BCUT2D eigenvalue weighted by molar-refractivity contribution is 0.0696. The maximum atomic E-state index is 11.8. The highest BCUT2D eigenvalue weighted by molar-refractivity contribution is 9.10. The first-order chi connectivity index (χ1) is 8.56. The van der Waals surface area contributed by atoms with Crippen LogP contribution in [0.3, 0.4) is 0 Å². The molecule has 0 aliphatic rings. The van der Waals surface area contributed by atoms with E-state index in [1.165, 1.54) is 18.3 Å². The van der Waals surface area contributed by atoms with Gasteiger partial charge in [0.05, 0.1) is 5.56 Å². The van der Waals surface area contributed by atoms with E-state index in [4.69, 9.17) is 5.11 Å². The second-order valence-corrected chi connectivity index (χ2v) is 4.34. The van der Waals surface area contributed by atoms with Crippen molar-refractivity contribution in [1.82, 2.24) is 9.97 Å². The third kappa shape index (κ3) is 2.75. The van der Waals surface area contributed by atoms with Crippen molar-refractivity contribution in [2.24, 2.45) is 0 Å². The summed E-state index contributed by atoms with van der Waals surface area (Å²) >= 11 is 3.21. The van der Waals surface area contributed by atoms with Crippen LogP contribution in [-0.4, -0.2) is 27.0 Å². The summed E-state index contributed by atoms with van der Waals surface area (Å²) in [6.07, 6.45) is 2.94. The number of carbonyl (C=O) groups is 2. The Bertz CT molecular complexity index is 609. The molecule has 18 heavy (non-hydrogen) atoms. The highest BCUT2D eigenvalue weighted by Gasteiger charge is 2.10. The number of amides is 1. The number of hydrogen-bond acceptors (Lipinski definition) is 3. The van der Waals surface area contributed by atoms with E-state index >= 15 is 0 Å². The first kappa shape index (κ1) is 12.3. The molecule has 1 amide bonds. The van der Waals surface area contributed by atoms with Crippen molar-refractivity contribution in [3.8, 4) is 0 Å². The van der Waals surface area contributed by atoms with Crippen molar-refractivity contribution >= 4 is 33.6 Å². The number of carbonyl (C=O) groups excluding carboxylic acids is 1. The average Bonchev–Trinajstić information content (AvgIpc) is 2.76. The first-order valence-electron chi connectivity index (χ1n) is 4.91. The van der Waals surface area contributed by atoms with Crippen molar-refractivity contribution in [3.63, 3.8) is 0 Å². The van der Waals surface area contributed by atoms with Crippen molar-refractivity contribution in [2.45, 2.75) is 0 Å². The molecule has 0 unspecified atom stereocenters. The number of halogens is 1. The Kier molecular flexibility index (Phi) is 3.42. The van der Waals surface area contributed by atoms with Gasteiger partial charge in [-0.2, -0.15) is 0 Å². The molecule has 0 aliphatic heterocycles. The molecular formula is C11H8BrN3O3. The van der Waals surface area contributed by atoms with Gasteiger partial charge in [-0.1, -0.05) is 0 Å². The maximum Gasteiger partial charge on any atom is 0.335 e. The van der Waals surface area contributed by atoms with Crippen LogP contribution in [0.15, 0.2) is 35.1 Å². The summed E-state index contributed by atoms with van der Waals surface area (Å²) in [7, 11) is 0. The zero-order valence-corrected chi connectivity index (χ0v) is 10.6. The van der Waals surface area contributed by atoms with Gasteiger partial charge >= 0.3 is 5.97 Å². The van der Waals surface area contributed by atoms with Gasteiger partial charge in [-0.15, -0.1) is 0 Å². The van der Waals surface area contributed by atoms with Gasteiger partial charge in [0.1, 0.15) is 11.5 Å². The molecule has 0 radical (unpaired) electrons. The van der Waals surface area contributed by atoms with E-state index in [9.17, 15) is 9.59 Å². The third-order valence-electron chi connectivity index (χ3n) is 2.14. The highest BCUT2D eigenvalue weighted by Crippen LogP contribution is 2.13. The van der Waals surface area contributed by atoms with Crippen LogP contribution in [0.25, 0.3) is 0 Å². The third-order valence-corrected chi connectivity index (χ3v) is 2.60. The molecule has 2 heterocycles. The molecule has 0 saturated carbocycles. The molecule has 0 spiro atoms. The number of nitrogens with zero attached hydrogens (tertiary/aromatic N) is 1. The van der Waals surface area contributed by atoms with E-state index in [1.807, 2.05) is 0 Å². The summed E-state index contributed by atoms with van der Waals surface area (Å²) < 4.78 is 0.750. The van der Waals surface area contributed by atoms with Crippen molar-refractivity contribution in [3.05, 3.63) is 46.3 Å². The molecule has 0 saturated heterocycles. The molecule has 92 valence electrons. The van der Waals surface area contributed by atoms with Crippen molar-refractivity contribution < 1.29 is 14.7 Å². The summed E-state index contributed by atoms with van der Waals surface area (Å²) in [6, 6.07) is 4.25. The average molecular weight is 310 g/mol. The predicted octanol–water partition coefficient (Wildman–Crippen LogP) is 2.12. The van der Waals surface area contributed by atoms with Gasteiger partial charge in [0, 0.05) is 16.9 Å². The van der Waals surface area contributed by atoms with E-state index in [0.29, 0.717) is 5.69 Å². The fraction of sp³-hybridized carbons (Fsp3) is 0. The molecule has 0 fully saturated rings. The Balaban J connectivity index is 2.16. The summed E-state index contributed by atoms with van der Waals surface area (Å²) in [6.45, 7) is 0. The number of nitrogens with one attached hydrogen (secondary N) is 2. The van der Waals surface area contributed by atoms with E-state index < -0.39 is 11.9 Å². The Labute approximate surface area is 110 Å². The molecule has 0 aliphatic carbocycles. The number of carboxylic acids is 1. The lowest BCUT2D eigenvalue weighted by Gasteiger charge is -2.03. The number of anilines is 1. The fourth-order valence-electron chi connectivity index (χ4n) is 1.31. The van der Waals surface area contributed by atoms with Gasteiger partial charge in [0.25, 0.3) is 5.91 Å². The van der Waals surface area contributed by atoms with E-state index in [1.54, 1.807) is 12.3 Å². The largest absolute Gasteiger partial charge is 0.478 e. The monoisotopic (exact) mass is 309 g/mol. The minimum atomic E-state index is -1.07. The Morgan fingerprint density at radius 3 is 2.78 bits per heavy atom. The van der Waals surface area contributed by atoms with Gasteiger partial charge in [-0.25, -0.2) is 9.78 Å². The van der Waals surface area contributed by atoms with Crippen LogP contribution in [0.2, 0.25) is 0 Å². The Morgan fingerprint density at radius 1 is 1.39 bits per heavy atom. The zero-order chi connectivity index (χ0) is 13.1. The quantitative estimate of drug-likeness (QED) is 0.809. The van der Waals surface area contributed by atoms with Gasteiger partial charge in [-0.3, -0.25) is 4.79 Å². The summed E-state index contributed by atoms with van der Waals surface area (Å²) in [5, 5.41) is 11.3. The molecule has 2 aromatic heterocycles. The Morgan fingerprint density at radius 2 is 2.17 bits per heavy atom. The van der Waals surface area contributed by atoms with Crippen LogP contribution in [0.5, 0.6) is 0 Å². The highest BCUT2D eigenvalue weighted by atomic mass is 79.9. The maximum absolute atomic E-state index is 11.8. The number of aromatic carboxylic acids is 1. The van der Waals surface area contributed by atoms with Gasteiger partial charge in [0.2, 0.25) is 0 Å². The molecular weight excluding hydrogens is 302 g/mol. The summed E-state index contributed by atoms with van der Waals surface area (Å²) in [5.41, 5.74) is 0.414. The lowest BCUT2D eigenvalue weighted by Crippen LogP contribution is -2.13. The standard InChI is InChI=1S/C11H8BrN3O3/c12-7-4-8(14-5-7)10(16)15-9-3-6(11(17)18)1-2-13-9/h1-5,14H,(H,17,18)(H,13,15,16). The number of rotatable bonds is 3. The van der Waals surface area contributed by atoms with Crippen molar-refractivity contribution in [1.29, 1.82) is 0 Å². The molecule has 0 aromatic carbocycles. The van der Waals surface area contributed by atoms with Crippen LogP contribution in [0, 0.1) is 0 Å². The summed E-state index contributed by atoms with van der Waals surface area (Å²) in [4.78, 5) is 29.2. The lowest BCUT2D eigenvalue weighted by atomic mass is 10.2. The van der Waals surface area contributed by atoms with Gasteiger partial charge < -0.3 is 15.4 Å². The number of pyridine rings is 1. The second kappa shape index (κ2) is 5.01. The zero-order valence-electron chi connectivity index (χ0n) is 8.98. The topological polar surface area (TPSA) is 95.1 Å². The van der Waals surface area contributed by atoms with Crippen LogP contribution in [0.4, 0.5) is 5.82 Å². The van der Waals surface area contributed by atoms with Crippen LogP contribution >= 0.6 is 15.9 Å². The van der Waals surface area contributed by atoms with Crippen molar-refractivity contribution in [2.75, 3.05) is 5.32 Å². The first-order valence-corrected chi connectivity index (χ1v) is 5.70. The molecule has 0 atom stereocenters. The SMILES string of the molecule is O=C(O)c1ccnc(NC(=O)c2cc(Br)c[nH]2)c1.